The number of nitrogens with zero attached hydrogens (tertiary/aromatic N) is 1. The van der Waals surface area contributed by atoms with Crippen molar-refractivity contribution in [1.82, 2.24) is 10.3 Å². The van der Waals surface area contributed by atoms with Crippen molar-refractivity contribution >= 4 is 21.6 Å². The molecule has 0 spiro atoms. The van der Waals surface area contributed by atoms with Crippen LogP contribution in [-0.2, 0) is 6.42 Å². The van der Waals surface area contributed by atoms with Crippen molar-refractivity contribution in [3.63, 3.8) is 0 Å². The lowest BCUT2D eigenvalue weighted by Crippen LogP contribution is -2.19. The molecule has 1 heterocycles. The summed E-state index contributed by atoms with van der Waals surface area (Å²) in [6.07, 6.45) is 3.71. The van der Waals surface area contributed by atoms with Gasteiger partial charge in [0.2, 0.25) is 0 Å². The smallest absolute Gasteiger partial charge is 0.120 e. The number of nitrogens with one attached hydrogen (secondary N) is 1. The lowest BCUT2D eigenvalue weighted by atomic mass is 10.3. The average molecular weight is 248 g/mol. The number of hydrogen-bond donors (Lipinski definition) is 1. The molecule has 1 saturated carbocycles. The summed E-state index contributed by atoms with van der Waals surface area (Å²) in [5.74, 6) is 0.906. The zero-order chi connectivity index (χ0) is 11.7. The third-order valence-corrected chi connectivity index (χ3v) is 4.07. The molecule has 0 atom stereocenters. The van der Waals surface area contributed by atoms with E-state index in [2.05, 4.69) is 16.4 Å². The van der Waals surface area contributed by atoms with Crippen LogP contribution in [0.3, 0.4) is 0 Å². The van der Waals surface area contributed by atoms with E-state index in [1.54, 1.807) is 18.4 Å². The Morgan fingerprint density at radius 2 is 2.35 bits per heavy atom. The molecular formula is C13H16N2OS. The zero-order valence-corrected chi connectivity index (χ0v) is 10.7. The summed E-state index contributed by atoms with van der Waals surface area (Å²) >= 11 is 1.77. The molecule has 17 heavy (non-hydrogen) atoms. The molecule has 0 amide bonds. The fourth-order valence-corrected chi connectivity index (χ4v) is 2.85. The fraction of sp³-hybridized carbons (Fsp3) is 0.462. The van der Waals surface area contributed by atoms with Gasteiger partial charge in [-0.25, -0.2) is 4.98 Å². The van der Waals surface area contributed by atoms with E-state index in [9.17, 15) is 0 Å². The summed E-state index contributed by atoms with van der Waals surface area (Å²) in [5, 5.41) is 4.72. The van der Waals surface area contributed by atoms with Crippen molar-refractivity contribution in [2.45, 2.75) is 25.3 Å². The third-order valence-electron chi connectivity index (χ3n) is 2.99. The standard InChI is InChI=1S/C13H16N2OS/c1-16-10-4-5-11-12(8-10)17-13(15-11)6-7-14-9-2-3-9/h4-5,8-9,14H,2-3,6-7H2,1H3. The van der Waals surface area contributed by atoms with Gasteiger partial charge in [0.05, 0.1) is 22.3 Å². The normalized spacial score (nSPS) is 15.4. The van der Waals surface area contributed by atoms with E-state index in [-0.39, 0.29) is 0 Å². The Morgan fingerprint density at radius 1 is 1.47 bits per heavy atom. The van der Waals surface area contributed by atoms with Crippen molar-refractivity contribution in [2.75, 3.05) is 13.7 Å². The molecule has 0 bridgehead atoms. The molecule has 1 N–H and O–H groups in total. The van der Waals surface area contributed by atoms with Crippen LogP contribution in [0.4, 0.5) is 0 Å². The van der Waals surface area contributed by atoms with Gasteiger partial charge in [-0.3, -0.25) is 0 Å². The Bertz CT molecular complexity index is 519. The van der Waals surface area contributed by atoms with E-state index in [1.165, 1.54) is 22.5 Å². The highest BCUT2D eigenvalue weighted by Crippen LogP contribution is 2.26. The number of ether oxygens (including phenoxy) is 1. The molecular weight excluding hydrogens is 232 g/mol. The van der Waals surface area contributed by atoms with Gasteiger partial charge in [0, 0.05) is 19.0 Å². The monoisotopic (exact) mass is 248 g/mol. The topological polar surface area (TPSA) is 34.1 Å². The Balaban J connectivity index is 1.71. The maximum atomic E-state index is 5.22. The van der Waals surface area contributed by atoms with Crippen molar-refractivity contribution in [3.8, 4) is 5.75 Å². The van der Waals surface area contributed by atoms with Crippen LogP contribution in [0, 0.1) is 0 Å². The zero-order valence-electron chi connectivity index (χ0n) is 9.90. The van der Waals surface area contributed by atoms with Gasteiger partial charge in [0.15, 0.2) is 0 Å². The Hall–Kier alpha value is -1.13. The molecule has 1 fully saturated rings. The Labute approximate surface area is 105 Å². The number of hydrogen-bond acceptors (Lipinski definition) is 4. The van der Waals surface area contributed by atoms with Crippen LogP contribution in [0.25, 0.3) is 10.2 Å². The lowest BCUT2D eigenvalue weighted by molar-refractivity contribution is 0.415. The van der Waals surface area contributed by atoms with Crippen LogP contribution in [0.5, 0.6) is 5.75 Å². The van der Waals surface area contributed by atoms with Gasteiger partial charge < -0.3 is 10.1 Å². The first-order valence-electron chi connectivity index (χ1n) is 6.02. The minimum atomic E-state index is 0.782. The second kappa shape index (κ2) is 4.63. The summed E-state index contributed by atoms with van der Waals surface area (Å²) in [6, 6.07) is 6.84. The summed E-state index contributed by atoms with van der Waals surface area (Å²) in [7, 11) is 1.70. The number of rotatable bonds is 5. The van der Waals surface area contributed by atoms with E-state index < -0.39 is 0 Å². The van der Waals surface area contributed by atoms with Crippen LogP contribution in [0.2, 0.25) is 0 Å². The van der Waals surface area contributed by atoms with Crippen molar-refractivity contribution in [1.29, 1.82) is 0 Å². The average Bonchev–Trinajstić information content (AvgIpc) is 3.07. The number of methoxy groups -OCH3 is 1. The largest absolute Gasteiger partial charge is 0.497 e. The molecule has 0 saturated heterocycles. The molecule has 1 aliphatic carbocycles. The van der Waals surface area contributed by atoms with E-state index >= 15 is 0 Å². The molecule has 3 rings (SSSR count). The van der Waals surface area contributed by atoms with E-state index in [0.29, 0.717) is 0 Å². The molecule has 1 aromatic carbocycles. The first kappa shape index (κ1) is 11.0. The minimum absolute atomic E-state index is 0.782. The minimum Gasteiger partial charge on any atom is -0.497 e. The van der Waals surface area contributed by atoms with Gasteiger partial charge in [-0.1, -0.05) is 0 Å². The third kappa shape index (κ3) is 2.58. The van der Waals surface area contributed by atoms with Crippen molar-refractivity contribution in [2.24, 2.45) is 0 Å². The van der Waals surface area contributed by atoms with Gasteiger partial charge in [0.1, 0.15) is 5.75 Å². The van der Waals surface area contributed by atoms with E-state index in [4.69, 9.17) is 4.74 Å². The molecule has 0 aliphatic heterocycles. The number of thiazole rings is 1. The number of fused-ring (bicyclic) bond motifs is 1. The molecule has 1 aromatic heterocycles. The predicted molar refractivity (Wildman–Crippen MR) is 70.9 cm³/mol. The highest BCUT2D eigenvalue weighted by atomic mass is 32.1. The Morgan fingerprint density at radius 3 is 3.12 bits per heavy atom. The molecule has 0 unspecified atom stereocenters. The molecule has 1 aliphatic rings. The van der Waals surface area contributed by atoms with Crippen molar-refractivity contribution in [3.05, 3.63) is 23.2 Å². The fourth-order valence-electron chi connectivity index (χ4n) is 1.86. The molecule has 90 valence electrons. The van der Waals surface area contributed by atoms with Gasteiger partial charge in [0.25, 0.3) is 0 Å². The van der Waals surface area contributed by atoms with Crippen LogP contribution in [0.1, 0.15) is 17.8 Å². The number of aromatic nitrogens is 1. The summed E-state index contributed by atoms with van der Waals surface area (Å²) in [4.78, 5) is 4.63. The lowest BCUT2D eigenvalue weighted by Gasteiger charge is -1.98. The Kier molecular flexibility index (Phi) is 2.99. The van der Waals surface area contributed by atoms with Crippen molar-refractivity contribution < 1.29 is 4.74 Å². The maximum absolute atomic E-state index is 5.22. The van der Waals surface area contributed by atoms with Crippen LogP contribution < -0.4 is 10.1 Å². The van der Waals surface area contributed by atoms with Crippen LogP contribution >= 0.6 is 11.3 Å². The van der Waals surface area contributed by atoms with Gasteiger partial charge in [-0.2, -0.15) is 0 Å². The second-order valence-corrected chi connectivity index (χ2v) is 5.53. The summed E-state index contributed by atoms with van der Waals surface area (Å²) in [6.45, 7) is 1.04. The highest BCUT2D eigenvalue weighted by molar-refractivity contribution is 7.18. The molecule has 0 radical (unpaired) electrons. The van der Waals surface area contributed by atoms with Gasteiger partial charge in [-0.15, -0.1) is 11.3 Å². The maximum Gasteiger partial charge on any atom is 0.120 e. The van der Waals surface area contributed by atoms with Crippen LogP contribution in [-0.4, -0.2) is 24.7 Å². The second-order valence-electron chi connectivity index (χ2n) is 4.42. The molecule has 4 heteroatoms. The first-order valence-corrected chi connectivity index (χ1v) is 6.83. The van der Waals surface area contributed by atoms with Gasteiger partial charge in [-0.05, 0) is 31.0 Å². The quantitative estimate of drug-likeness (QED) is 0.883. The SMILES string of the molecule is COc1ccc2nc(CCNC3CC3)sc2c1. The van der Waals surface area contributed by atoms with E-state index in [1.807, 2.05) is 12.1 Å². The van der Waals surface area contributed by atoms with Gasteiger partial charge >= 0.3 is 0 Å². The highest BCUT2D eigenvalue weighted by Gasteiger charge is 2.19. The summed E-state index contributed by atoms with van der Waals surface area (Å²) in [5.41, 5.74) is 1.08. The predicted octanol–water partition coefficient (Wildman–Crippen LogP) is 2.60. The van der Waals surface area contributed by atoms with Crippen LogP contribution in [0.15, 0.2) is 18.2 Å². The first-order chi connectivity index (χ1) is 8.35. The molecule has 3 nitrogen and oxygen atoms in total. The molecule has 2 aromatic rings. The number of benzene rings is 1. The summed E-state index contributed by atoms with van der Waals surface area (Å²) < 4.78 is 6.43. The van der Waals surface area contributed by atoms with E-state index in [0.717, 1.165) is 30.3 Å².